The van der Waals surface area contributed by atoms with Crippen LogP contribution in [0, 0.1) is 0 Å². The highest BCUT2D eigenvalue weighted by Gasteiger charge is 2.22. The van der Waals surface area contributed by atoms with Gasteiger partial charge in [-0.05, 0) is 44.0 Å². The lowest BCUT2D eigenvalue weighted by molar-refractivity contribution is -0.128. The van der Waals surface area contributed by atoms with E-state index < -0.39 is 6.10 Å². The summed E-state index contributed by atoms with van der Waals surface area (Å²) in [4.78, 5) is 14.7. The Morgan fingerprint density at radius 3 is 2.87 bits per heavy atom. The summed E-state index contributed by atoms with van der Waals surface area (Å²) >= 11 is 0. The summed E-state index contributed by atoms with van der Waals surface area (Å²) in [6.45, 7) is 6.47. The Balaban J connectivity index is 1.53. The monoisotopic (exact) mass is 317 g/mol. The predicted octanol–water partition coefficient (Wildman–Crippen LogP) is 1.99. The number of amides is 1. The second-order valence-corrected chi connectivity index (χ2v) is 6.57. The number of piperidine rings is 1. The van der Waals surface area contributed by atoms with Crippen LogP contribution in [0.25, 0.3) is 0 Å². The molecule has 0 saturated carbocycles. The van der Waals surface area contributed by atoms with E-state index in [2.05, 4.69) is 34.6 Å². The molecule has 0 aliphatic carbocycles. The Morgan fingerprint density at radius 2 is 2.17 bits per heavy atom. The summed E-state index contributed by atoms with van der Waals surface area (Å²) < 4.78 is 5.47. The van der Waals surface area contributed by atoms with Gasteiger partial charge in [0.15, 0.2) is 0 Å². The first-order valence-electron chi connectivity index (χ1n) is 8.68. The maximum absolute atomic E-state index is 12.1. The van der Waals surface area contributed by atoms with Gasteiger partial charge in [0, 0.05) is 31.4 Å². The molecule has 0 bridgehead atoms. The Bertz CT molecular complexity index is 512. The van der Waals surface area contributed by atoms with Crippen LogP contribution in [0.5, 0.6) is 0 Å². The number of carbonyl (C=O) groups is 1. The lowest BCUT2D eigenvalue weighted by Gasteiger charge is -2.33. The van der Waals surface area contributed by atoms with Gasteiger partial charge in [0.2, 0.25) is 0 Å². The van der Waals surface area contributed by atoms with Crippen LogP contribution in [0.3, 0.4) is 0 Å². The number of carbonyl (C=O) groups excluding carboxylic acids is 1. The van der Waals surface area contributed by atoms with Gasteiger partial charge in [-0.3, -0.25) is 9.69 Å². The van der Waals surface area contributed by atoms with Gasteiger partial charge in [0.1, 0.15) is 6.10 Å². The molecule has 5 heteroatoms. The molecule has 2 aliphatic rings. The largest absolute Gasteiger partial charge is 0.366 e. The molecule has 2 N–H and O–H groups in total. The number of rotatable bonds is 4. The van der Waals surface area contributed by atoms with Crippen molar-refractivity contribution in [3.63, 3.8) is 0 Å². The van der Waals surface area contributed by atoms with Gasteiger partial charge >= 0.3 is 0 Å². The Morgan fingerprint density at radius 1 is 1.35 bits per heavy atom. The van der Waals surface area contributed by atoms with Gasteiger partial charge in [-0.1, -0.05) is 18.6 Å². The lowest BCUT2D eigenvalue weighted by Crippen LogP contribution is -2.45. The molecule has 23 heavy (non-hydrogen) atoms. The number of ether oxygens (including phenoxy) is 1. The van der Waals surface area contributed by atoms with Crippen LogP contribution in [0.2, 0.25) is 0 Å². The molecule has 1 aromatic rings. The molecule has 2 unspecified atom stereocenters. The van der Waals surface area contributed by atoms with Crippen molar-refractivity contribution in [1.29, 1.82) is 0 Å². The molecular weight excluding hydrogens is 290 g/mol. The number of hydrogen-bond donors (Lipinski definition) is 2. The fourth-order valence-corrected chi connectivity index (χ4v) is 3.28. The average molecular weight is 317 g/mol. The topological polar surface area (TPSA) is 53.6 Å². The minimum atomic E-state index is -0.391. The second kappa shape index (κ2) is 7.90. The first kappa shape index (κ1) is 16.4. The quantitative estimate of drug-likeness (QED) is 0.892. The molecule has 2 saturated heterocycles. The van der Waals surface area contributed by atoms with Crippen molar-refractivity contribution in [3.05, 3.63) is 29.8 Å². The van der Waals surface area contributed by atoms with Gasteiger partial charge in [0.05, 0.1) is 6.61 Å². The molecule has 5 nitrogen and oxygen atoms in total. The molecule has 126 valence electrons. The van der Waals surface area contributed by atoms with E-state index in [0.29, 0.717) is 19.2 Å². The number of morpholine rings is 1. The molecule has 2 heterocycles. The van der Waals surface area contributed by atoms with E-state index in [0.717, 1.165) is 18.8 Å². The highest BCUT2D eigenvalue weighted by molar-refractivity contribution is 5.94. The molecule has 1 aromatic carbocycles. The normalized spacial score (nSPS) is 26.0. The fraction of sp³-hybridized carbons (Fsp3) is 0.611. The number of nitrogens with zero attached hydrogens (tertiary/aromatic N) is 1. The zero-order valence-electron chi connectivity index (χ0n) is 13.9. The van der Waals surface area contributed by atoms with Crippen molar-refractivity contribution < 1.29 is 9.53 Å². The maximum atomic E-state index is 12.1. The van der Waals surface area contributed by atoms with E-state index in [4.69, 9.17) is 4.74 Å². The van der Waals surface area contributed by atoms with E-state index in [-0.39, 0.29) is 5.91 Å². The average Bonchev–Trinajstić information content (AvgIpc) is 2.59. The van der Waals surface area contributed by atoms with Gasteiger partial charge < -0.3 is 15.4 Å². The Kier molecular flexibility index (Phi) is 5.65. The third kappa shape index (κ3) is 4.53. The number of hydrogen-bond acceptors (Lipinski definition) is 4. The molecular formula is C18H27N3O2. The van der Waals surface area contributed by atoms with Gasteiger partial charge in [-0.15, -0.1) is 0 Å². The second-order valence-electron chi connectivity index (χ2n) is 6.57. The smallest absolute Gasteiger partial charge is 0.254 e. The van der Waals surface area contributed by atoms with E-state index in [1.165, 1.54) is 31.4 Å². The van der Waals surface area contributed by atoms with Crippen LogP contribution in [0.4, 0.5) is 5.69 Å². The van der Waals surface area contributed by atoms with E-state index in [1.54, 1.807) is 0 Å². The van der Waals surface area contributed by atoms with Gasteiger partial charge in [-0.2, -0.15) is 0 Å². The minimum absolute atomic E-state index is 0.0744. The minimum Gasteiger partial charge on any atom is -0.366 e. The summed E-state index contributed by atoms with van der Waals surface area (Å²) in [5, 5.41) is 6.10. The standard InChI is InChI=1S/C18H27N3O2/c1-14-4-2-3-10-21(14)13-15-5-7-16(8-6-15)20-18(22)17-12-19-9-11-23-17/h5-8,14,17,19H,2-4,9-13H2,1H3,(H,20,22). The maximum Gasteiger partial charge on any atom is 0.254 e. The summed E-state index contributed by atoms with van der Waals surface area (Å²) in [5.41, 5.74) is 2.13. The van der Waals surface area contributed by atoms with Crippen molar-refractivity contribution in [2.24, 2.45) is 0 Å². The highest BCUT2D eigenvalue weighted by Crippen LogP contribution is 2.20. The number of anilines is 1. The summed E-state index contributed by atoms with van der Waals surface area (Å²) in [7, 11) is 0. The van der Waals surface area contributed by atoms with Crippen LogP contribution in [0.15, 0.2) is 24.3 Å². The Labute approximate surface area is 138 Å². The van der Waals surface area contributed by atoms with Crippen LogP contribution in [-0.2, 0) is 16.1 Å². The molecule has 0 aromatic heterocycles. The molecule has 2 fully saturated rings. The third-order valence-corrected chi connectivity index (χ3v) is 4.77. The van der Waals surface area contributed by atoms with E-state index in [9.17, 15) is 4.79 Å². The van der Waals surface area contributed by atoms with Gasteiger partial charge in [0.25, 0.3) is 5.91 Å². The zero-order valence-corrected chi connectivity index (χ0v) is 13.9. The van der Waals surface area contributed by atoms with Crippen molar-refractivity contribution in [3.8, 4) is 0 Å². The SMILES string of the molecule is CC1CCCCN1Cc1ccc(NC(=O)C2CNCCO2)cc1. The summed E-state index contributed by atoms with van der Waals surface area (Å²) in [6, 6.07) is 8.85. The zero-order chi connectivity index (χ0) is 16.1. The lowest BCUT2D eigenvalue weighted by atomic mass is 10.0. The van der Waals surface area contributed by atoms with E-state index in [1.807, 2.05) is 12.1 Å². The molecule has 2 aliphatic heterocycles. The van der Waals surface area contributed by atoms with Crippen LogP contribution >= 0.6 is 0 Å². The number of nitrogens with one attached hydrogen (secondary N) is 2. The van der Waals surface area contributed by atoms with Crippen LogP contribution < -0.4 is 10.6 Å². The first-order valence-corrected chi connectivity index (χ1v) is 8.68. The van der Waals surface area contributed by atoms with Crippen molar-refractivity contribution in [1.82, 2.24) is 10.2 Å². The fourth-order valence-electron chi connectivity index (χ4n) is 3.28. The molecule has 3 rings (SSSR count). The molecule has 2 atom stereocenters. The predicted molar refractivity (Wildman–Crippen MR) is 91.4 cm³/mol. The highest BCUT2D eigenvalue weighted by atomic mass is 16.5. The summed E-state index contributed by atoms with van der Waals surface area (Å²) in [6.07, 6.45) is 3.55. The van der Waals surface area contributed by atoms with Crippen LogP contribution in [-0.4, -0.2) is 49.2 Å². The van der Waals surface area contributed by atoms with Crippen molar-refractivity contribution >= 4 is 11.6 Å². The third-order valence-electron chi connectivity index (χ3n) is 4.77. The van der Waals surface area contributed by atoms with Crippen molar-refractivity contribution in [2.75, 3.05) is 31.6 Å². The van der Waals surface area contributed by atoms with Gasteiger partial charge in [-0.25, -0.2) is 0 Å². The molecule has 1 amide bonds. The number of benzene rings is 1. The molecule has 0 radical (unpaired) electrons. The number of likely N-dealkylation sites (tertiary alicyclic amines) is 1. The van der Waals surface area contributed by atoms with Crippen LogP contribution in [0.1, 0.15) is 31.7 Å². The van der Waals surface area contributed by atoms with E-state index >= 15 is 0 Å². The summed E-state index contributed by atoms with van der Waals surface area (Å²) in [5.74, 6) is -0.0744. The molecule has 0 spiro atoms. The van der Waals surface area contributed by atoms with Crippen molar-refractivity contribution in [2.45, 2.75) is 44.9 Å². The first-order chi connectivity index (χ1) is 11.2. The Hall–Kier alpha value is -1.43.